The minimum Gasteiger partial charge on any atom is -0.386 e. The molecule has 0 aromatic heterocycles. The van der Waals surface area contributed by atoms with Gasteiger partial charge in [0, 0.05) is 0 Å². The molecule has 0 radical (unpaired) electrons. The van der Waals surface area contributed by atoms with E-state index >= 15 is 0 Å². The highest BCUT2D eigenvalue weighted by molar-refractivity contribution is 5.47. The number of benzene rings is 1. The lowest BCUT2D eigenvalue weighted by Crippen LogP contribution is -2.36. The van der Waals surface area contributed by atoms with Crippen LogP contribution in [0.2, 0.25) is 0 Å². The molecule has 3 atom stereocenters. The van der Waals surface area contributed by atoms with Crippen molar-refractivity contribution in [1.29, 1.82) is 0 Å². The molecule has 1 heteroatoms. The molecule has 1 N–H and O–H groups in total. The first-order valence-electron chi connectivity index (χ1n) is 7.03. The van der Waals surface area contributed by atoms with Gasteiger partial charge < -0.3 is 5.11 Å². The molecule has 0 saturated heterocycles. The summed E-state index contributed by atoms with van der Waals surface area (Å²) in [6.45, 7) is 6.38. The van der Waals surface area contributed by atoms with E-state index in [4.69, 9.17) is 0 Å². The standard InChI is InChI=1S/C17H20O/c1-11-4-3-5-13-14(11)9-16-8-12(2)17(18,10-16)7-6-15(13)16/h3-5,15,18H,2,6-10H2,1H3/t15-,16+,17+/m1/s1. The summed E-state index contributed by atoms with van der Waals surface area (Å²) < 4.78 is 0. The zero-order valence-electron chi connectivity index (χ0n) is 11.0. The Bertz CT molecular complexity index is 559. The van der Waals surface area contributed by atoms with Gasteiger partial charge in [-0.15, -0.1) is 0 Å². The molecule has 4 rings (SSSR count). The number of fused-ring (bicyclic) bond motifs is 3. The third-order valence-corrected chi connectivity index (χ3v) is 5.80. The van der Waals surface area contributed by atoms with Crippen molar-refractivity contribution < 1.29 is 5.11 Å². The zero-order valence-corrected chi connectivity index (χ0v) is 11.0. The second kappa shape index (κ2) is 3.08. The SMILES string of the molecule is C=C1C[C@@]23Cc4c(C)cccc4[C@H]2CC[C@]1(O)C3. The Morgan fingerprint density at radius 1 is 1.33 bits per heavy atom. The molecule has 0 unspecified atom stereocenters. The first kappa shape index (κ1) is 10.8. The summed E-state index contributed by atoms with van der Waals surface area (Å²) in [4.78, 5) is 0. The van der Waals surface area contributed by atoms with Crippen molar-refractivity contribution in [2.75, 3.05) is 0 Å². The van der Waals surface area contributed by atoms with Gasteiger partial charge in [-0.3, -0.25) is 0 Å². The molecular weight excluding hydrogens is 220 g/mol. The van der Waals surface area contributed by atoms with E-state index in [9.17, 15) is 5.11 Å². The highest BCUT2D eigenvalue weighted by atomic mass is 16.3. The van der Waals surface area contributed by atoms with E-state index in [-0.39, 0.29) is 0 Å². The quantitative estimate of drug-likeness (QED) is 0.688. The molecule has 2 saturated carbocycles. The van der Waals surface area contributed by atoms with Crippen molar-refractivity contribution in [2.45, 2.75) is 50.5 Å². The summed E-state index contributed by atoms with van der Waals surface area (Å²) in [7, 11) is 0. The van der Waals surface area contributed by atoms with E-state index in [2.05, 4.69) is 31.7 Å². The number of hydrogen-bond donors (Lipinski definition) is 1. The van der Waals surface area contributed by atoms with Crippen LogP contribution in [0.5, 0.6) is 0 Å². The van der Waals surface area contributed by atoms with Gasteiger partial charge in [0.05, 0.1) is 5.60 Å². The van der Waals surface area contributed by atoms with E-state index in [1.54, 1.807) is 11.1 Å². The molecule has 0 amide bonds. The fraction of sp³-hybridized carbons (Fsp3) is 0.529. The summed E-state index contributed by atoms with van der Waals surface area (Å²) in [6.07, 6.45) is 5.17. The Balaban J connectivity index is 1.87. The molecule has 2 fully saturated rings. The minimum absolute atomic E-state index is 0.290. The Morgan fingerprint density at radius 2 is 2.17 bits per heavy atom. The maximum atomic E-state index is 10.7. The number of aliphatic hydroxyl groups is 1. The summed E-state index contributed by atoms with van der Waals surface area (Å²) in [6, 6.07) is 6.73. The van der Waals surface area contributed by atoms with Crippen molar-refractivity contribution in [3.8, 4) is 0 Å². The number of hydrogen-bond acceptors (Lipinski definition) is 1. The summed E-state index contributed by atoms with van der Waals surface area (Å²) in [5.41, 5.74) is 5.38. The van der Waals surface area contributed by atoms with Gasteiger partial charge in [-0.1, -0.05) is 24.8 Å². The van der Waals surface area contributed by atoms with Crippen LogP contribution in [0.1, 0.15) is 48.3 Å². The molecule has 18 heavy (non-hydrogen) atoms. The monoisotopic (exact) mass is 240 g/mol. The van der Waals surface area contributed by atoms with E-state index in [0.29, 0.717) is 11.3 Å². The summed E-state index contributed by atoms with van der Waals surface area (Å²) >= 11 is 0. The van der Waals surface area contributed by atoms with E-state index in [0.717, 1.165) is 37.7 Å². The number of aryl methyl sites for hydroxylation is 1. The first-order valence-corrected chi connectivity index (χ1v) is 7.03. The Hall–Kier alpha value is -1.08. The lowest BCUT2D eigenvalue weighted by molar-refractivity contribution is 0.0154. The second-order valence-corrected chi connectivity index (χ2v) is 6.76. The lowest BCUT2D eigenvalue weighted by atomic mass is 9.67. The maximum absolute atomic E-state index is 10.7. The number of rotatable bonds is 0. The average Bonchev–Trinajstić information content (AvgIpc) is 2.72. The van der Waals surface area contributed by atoms with Gasteiger partial charge in [0.2, 0.25) is 0 Å². The van der Waals surface area contributed by atoms with E-state index in [1.807, 2.05) is 0 Å². The highest BCUT2D eigenvalue weighted by Crippen LogP contribution is 2.66. The van der Waals surface area contributed by atoms with Gasteiger partial charge >= 0.3 is 0 Å². The molecule has 1 spiro atoms. The van der Waals surface area contributed by atoms with Crippen molar-refractivity contribution >= 4 is 0 Å². The topological polar surface area (TPSA) is 20.2 Å². The normalized spacial score (nSPS) is 40.8. The Morgan fingerprint density at radius 3 is 3.00 bits per heavy atom. The Kier molecular flexibility index (Phi) is 1.85. The van der Waals surface area contributed by atoms with Gasteiger partial charge in [-0.05, 0) is 72.6 Å². The van der Waals surface area contributed by atoms with Crippen LogP contribution in [0, 0.1) is 12.3 Å². The highest BCUT2D eigenvalue weighted by Gasteiger charge is 2.59. The molecule has 2 bridgehead atoms. The smallest absolute Gasteiger partial charge is 0.0860 e. The van der Waals surface area contributed by atoms with E-state index in [1.165, 1.54) is 5.56 Å². The van der Waals surface area contributed by atoms with Gasteiger partial charge in [-0.2, -0.15) is 0 Å². The Labute approximate surface area is 109 Å². The third-order valence-electron chi connectivity index (χ3n) is 5.80. The van der Waals surface area contributed by atoms with Crippen LogP contribution in [0.3, 0.4) is 0 Å². The van der Waals surface area contributed by atoms with Gasteiger partial charge in [0.1, 0.15) is 0 Å². The predicted octanol–water partition coefficient (Wildman–Crippen LogP) is 3.50. The largest absolute Gasteiger partial charge is 0.386 e. The van der Waals surface area contributed by atoms with Crippen molar-refractivity contribution in [3.05, 3.63) is 47.0 Å². The van der Waals surface area contributed by atoms with Crippen molar-refractivity contribution in [1.82, 2.24) is 0 Å². The summed E-state index contributed by atoms with van der Waals surface area (Å²) in [5.74, 6) is 0.659. The molecule has 1 nitrogen and oxygen atoms in total. The van der Waals surface area contributed by atoms with Crippen LogP contribution in [0.25, 0.3) is 0 Å². The molecule has 1 aromatic carbocycles. The van der Waals surface area contributed by atoms with Gasteiger partial charge in [-0.25, -0.2) is 0 Å². The van der Waals surface area contributed by atoms with Crippen LogP contribution >= 0.6 is 0 Å². The van der Waals surface area contributed by atoms with Gasteiger partial charge in [0.25, 0.3) is 0 Å². The second-order valence-electron chi connectivity index (χ2n) is 6.76. The van der Waals surface area contributed by atoms with E-state index < -0.39 is 5.60 Å². The van der Waals surface area contributed by atoms with Crippen LogP contribution in [-0.4, -0.2) is 10.7 Å². The fourth-order valence-electron chi connectivity index (χ4n) is 4.94. The van der Waals surface area contributed by atoms with Crippen LogP contribution < -0.4 is 0 Å². The first-order chi connectivity index (χ1) is 8.54. The molecule has 3 aliphatic rings. The van der Waals surface area contributed by atoms with Crippen LogP contribution in [0.15, 0.2) is 30.4 Å². The maximum Gasteiger partial charge on any atom is 0.0860 e. The van der Waals surface area contributed by atoms with Gasteiger partial charge in [0.15, 0.2) is 0 Å². The molecule has 0 aliphatic heterocycles. The van der Waals surface area contributed by atoms with Crippen molar-refractivity contribution in [2.24, 2.45) is 5.41 Å². The predicted molar refractivity (Wildman–Crippen MR) is 72.6 cm³/mol. The average molecular weight is 240 g/mol. The van der Waals surface area contributed by atoms with Crippen molar-refractivity contribution in [3.63, 3.8) is 0 Å². The molecule has 94 valence electrons. The minimum atomic E-state index is -0.549. The lowest BCUT2D eigenvalue weighted by Gasteiger charge is -2.39. The molecule has 1 aromatic rings. The summed E-state index contributed by atoms with van der Waals surface area (Å²) in [5, 5.41) is 10.7. The molecule has 3 aliphatic carbocycles. The fourth-order valence-corrected chi connectivity index (χ4v) is 4.94. The van der Waals surface area contributed by atoms with Crippen LogP contribution in [-0.2, 0) is 6.42 Å². The molecular formula is C17H20O. The zero-order chi connectivity index (χ0) is 12.5. The third kappa shape index (κ3) is 1.11. The van der Waals surface area contributed by atoms with Crippen LogP contribution in [0.4, 0.5) is 0 Å². The molecule has 0 heterocycles.